The van der Waals surface area contributed by atoms with Gasteiger partial charge in [0.05, 0.1) is 23.1 Å². The third kappa shape index (κ3) is 6.19. The molecule has 0 aliphatic carbocycles. The molecule has 304 valence electrons. The van der Waals surface area contributed by atoms with Gasteiger partial charge in [-0.2, -0.15) is 9.97 Å². The Kier molecular flexibility index (Phi) is 8.12. The first kappa shape index (κ1) is 33.9. The predicted octanol–water partition coefficient (Wildman–Crippen LogP) is 11.8. The molecule has 0 radical (unpaired) electrons. The van der Waals surface area contributed by atoms with E-state index in [0.29, 0.717) is 16.4 Å². The lowest BCUT2D eigenvalue weighted by molar-refractivity contribution is 0.669. The van der Waals surface area contributed by atoms with Crippen molar-refractivity contribution < 1.29 is 9.90 Å². The van der Waals surface area contributed by atoms with Crippen molar-refractivity contribution >= 4 is 78.3 Å². The summed E-state index contributed by atoms with van der Waals surface area (Å²) in [6, 6.07) is 64.3. The van der Waals surface area contributed by atoms with Crippen LogP contribution in [0.4, 0.5) is 5.69 Å². The van der Waals surface area contributed by atoms with E-state index in [1.807, 2.05) is 187 Å². The van der Waals surface area contributed by atoms with Gasteiger partial charge in [0.15, 0.2) is 25.4 Å². The molecule has 0 amide bonds. The molecule has 0 aliphatic rings. The fourth-order valence-electron chi connectivity index (χ4n) is 9.50. The van der Waals surface area contributed by atoms with Gasteiger partial charge in [-0.3, -0.25) is 4.57 Å². The zero-order chi connectivity index (χ0) is 46.8. The van der Waals surface area contributed by atoms with E-state index in [0.717, 1.165) is 70.4 Å². The van der Waals surface area contributed by atoms with Crippen LogP contribution in [-0.2, 0) is 0 Å². The summed E-state index contributed by atoms with van der Waals surface area (Å²) >= 11 is 0. The van der Waals surface area contributed by atoms with Gasteiger partial charge in [-0.25, -0.2) is 9.83 Å². The van der Waals surface area contributed by atoms with Gasteiger partial charge in [-0.15, -0.1) is 0 Å². The molecule has 0 saturated carbocycles. The number of benzene rings is 9. The highest BCUT2D eigenvalue weighted by molar-refractivity contribution is 7.19. The maximum atomic E-state index is 10.5. The standard InChI is InChI=1S/C58H37N5OSi/c1-59-40-35-36-52-50(38-40)46-28-13-15-32-51(46)63(52)58-61-56(60-57(62-58)48-29-12-11-27-45(48)47-31-18-34-54-55(47)49-30-14-16-33-53(49)64-54)39-19-17-26-44(37-39)65(41-20-5-2-6-21-41,42-22-7-3-8-23-42)43-24-9-4-10-25-43/h2-38H/i17D,19D,26D,37D. The minimum atomic E-state index is -3.62. The number of rotatable bonds is 8. The average molecular weight is 852 g/mol. The number of furan rings is 1. The van der Waals surface area contributed by atoms with Crippen molar-refractivity contribution in [1.29, 1.82) is 0 Å². The Bertz CT molecular complexity index is 3940. The Hall–Kier alpha value is -8.70. The van der Waals surface area contributed by atoms with Gasteiger partial charge < -0.3 is 4.42 Å². The topological polar surface area (TPSA) is 61.1 Å². The monoisotopic (exact) mass is 851 g/mol. The molecule has 9 aromatic carbocycles. The first-order valence-corrected chi connectivity index (χ1v) is 23.3. The quantitative estimate of drug-likeness (QED) is 0.0868. The molecular weight excluding hydrogens is 811 g/mol. The molecule has 3 aromatic heterocycles. The Labute approximate surface area is 381 Å². The fourth-order valence-corrected chi connectivity index (χ4v) is 14.0. The maximum absolute atomic E-state index is 10.5. The van der Waals surface area contributed by atoms with Gasteiger partial charge in [-0.05, 0) is 67.6 Å². The fraction of sp³-hybridized carbons (Fsp3) is 0. The first-order valence-electron chi connectivity index (χ1n) is 23.3. The number of fused-ring (bicyclic) bond motifs is 6. The molecule has 0 bridgehead atoms. The Morgan fingerprint density at radius 2 is 1.08 bits per heavy atom. The molecule has 0 N–H and O–H groups in total. The second kappa shape index (κ2) is 15.6. The van der Waals surface area contributed by atoms with Gasteiger partial charge >= 0.3 is 0 Å². The Balaban J connectivity index is 1.20. The molecule has 0 spiro atoms. The average Bonchev–Trinajstić information content (AvgIpc) is 3.96. The van der Waals surface area contributed by atoms with Crippen LogP contribution in [0, 0.1) is 6.57 Å². The Morgan fingerprint density at radius 3 is 1.80 bits per heavy atom. The van der Waals surface area contributed by atoms with Gasteiger partial charge in [0.1, 0.15) is 11.2 Å². The second-order valence-electron chi connectivity index (χ2n) is 15.9. The van der Waals surface area contributed by atoms with Crippen LogP contribution in [0.15, 0.2) is 229 Å². The van der Waals surface area contributed by atoms with Crippen molar-refractivity contribution in [2.24, 2.45) is 0 Å². The second-order valence-corrected chi connectivity index (χ2v) is 19.6. The van der Waals surface area contributed by atoms with E-state index in [-0.39, 0.29) is 47.3 Å². The zero-order valence-corrected chi connectivity index (χ0v) is 35.7. The summed E-state index contributed by atoms with van der Waals surface area (Å²) in [5.41, 5.74) is 5.93. The molecule has 0 unspecified atom stereocenters. The van der Waals surface area contributed by atoms with Crippen LogP contribution in [0.5, 0.6) is 0 Å². The number of nitrogens with zero attached hydrogens (tertiary/aromatic N) is 5. The minimum absolute atomic E-state index is 0.0160. The molecule has 0 fully saturated rings. The van der Waals surface area contributed by atoms with E-state index in [1.165, 1.54) is 0 Å². The summed E-state index contributed by atoms with van der Waals surface area (Å²) < 4.78 is 48.0. The Morgan fingerprint density at radius 1 is 0.492 bits per heavy atom. The zero-order valence-electron chi connectivity index (χ0n) is 38.7. The molecule has 65 heavy (non-hydrogen) atoms. The summed E-state index contributed by atoms with van der Waals surface area (Å²) in [6.45, 7) is 7.84. The molecule has 7 heteroatoms. The number of hydrogen-bond acceptors (Lipinski definition) is 4. The first-order chi connectivity index (χ1) is 33.9. The van der Waals surface area contributed by atoms with Crippen molar-refractivity contribution in [3.05, 3.63) is 236 Å². The van der Waals surface area contributed by atoms with Gasteiger partial charge in [-0.1, -0.05) is 194 Å². The SMILES string of the molecule is [2H]c1c([2H])c(-c2nc(-c3ccccc3-c3cccc4oc5ccccc5c34)nc(-n3c4ccccc4c4cc([N+]#[C-])ccc43)n2)c([2H])c([Si](c2ccccc2)(c2ccccc2)c2ccccc2)c1[2H]. The van der Waals surface area contributed by atoms with Gasteiger partial charge in [0.25, 0.3) is 0 Å². The summed E-state index contributed by atoms with van der Waals surface area (Å²) in [4.78, 5) is 19.5. The van der Waals surface area contributed by atoms with Crippen LogP contribution in [0.2, 0.25) is 0 Å². The van der Waals surface area contributed by atoms with Crippen molar-refractivity contribution in [2.45, 2.75) is 0 Å². The van der Waals surface area contributed by atoms with E-state index >= 15 is 0 Å². The molecule has 0 aliphatic heterocycles. The van der Waals surface area contributed by atoms with E-state index in [4.69, 9.17) is 25.9 Å². The maximum Gasteiger partial charge on any atom is 0.238 e. The third-order valence-corrected chi connectivity index (χ3v) is 16.9. The summed E-state index contributed by atoms with van der Waals surface area (Å²) in [7, 11) is -3.62. The predicted molar refractivity (Wildman–Crippen MR) is 268 cm³/mol. The van der Waals surface area contributed by atoms with Crippen LogP contribution >= 0.6 is 0 Å². The van der Waals surface area contributed by atoms with Gasteiger partial charge in [0, 0.05) is 27.3 Å². The van der Waals surface area contributed by atoms with Gasteiger partial charge in [0.2, 0.25) is 5.95 Å². The molecule has 3 heterocycles. The highest BCUT2D eigenvalue weighted by Gasteiger charge is 2.41. The summed E-state index contributed by atoms with van der Waals surface area (Å²) in [6.07, 6.45) is 0. The highest BCUT2D eigenvalue weighted by atomic mass is 28.3. The third-order valence-electron chi connectivity index (χ3n) is 12.3. The van der Waals surface area contributed by atoms with E-state index in [2.05, 4.69) is 17.0 Å². The lowest BCUT2D eigenvalue weighted by atomic mass is 9.95. The van der Waals surface area contributed by atoms with Crippen LogP contribution in [0.25, 0.3) is 88.4 Å². The largest absolute Gasteiger partial charge is 0.456 e. The van der Waals surface area contributed by atoms with Crippen LogP contribution < -0.4 is 20.7 Å². The van der Waals surface area contributed by atoms with E-state index in [9.17, 15) is 5.48 Å². The highest BCUT2D eigenvalue weighted by Crippen LogP contribution is 2.41. The van der Waals surface area contributed by atoms with E-state index < -0.39 is 8.07 Å². The lowest BCUT2D eigenvalue weighted by Gasteiger charge is -2.34. The summed E-state index contributed by atoms with van der Waals surface area (Å²) in [5.74, 6) is 0.513. The number of aromatic nitrogens is 4. The molecule has 0 atom stereocenters. The molecule has 12 rings (SSSR count). The van der Waals surface area contributed by atoms with E-state index in [1.54, 1.807) is 6.07 Å². The molecule has 12 aromatic rings. The molecule has 0 saturated heterocycles. The van der Waals surface area contributed by atoms with Crippen molar-refractivity contribution in [1.82, 2.24) is 19.5 Å². The summed E-state index contributed by atoms with van der Waals surface area (Å²) in [5, 5.41) is 6.74. The molecule has 6 nitrogen and oxygen atoms in total. The smallest absolute Gasteiger partial charge is 0.238 e. The number of para-hydroxylation sites is 2. The number of hydrogen-bond donors (Lipinski definition) is 0. The van der Waals surface area contributed by atoms with Crippen LogP contribution in [0.3, 0.4) is 0 Å². The minimum Gasteiger partial charge on any atom is -0.456 e. The normalized spacial score (nSPS) is 12.5. The van der Waals surface area contributed by atoms with Crippen LogP contribution in [-0.4, -0.2) is 27.6 Å². The lowest BCUT2D eigenvalue weighted by Crippen LogP contribution is -2.74. The van der Waals surface area contributed by atoms with Crippen LogP contribution in [0.1, 0.15) is 5.48 Å². The van der Waals surface area contributed by atoms with Crippen molar-refractivity contribution in [3.63, 3.8) is 0 Å². The van der Waals surface area contributed by atoms with Crippen molar-refractivity contribution in [3.8, 4) is 39.9 Å². The molecular formula is C58H37N5OSi. The van der Waals surface area contributed by atoms with Crippen molar-refractivity contribution in [2.75, 3.05) is 0 Å².